The lowest BCUT2D eigenvalue weighted by atomic mass is 10.2. The van der Waals surface area contributed by atoms with Crippen LogP contribution >= 0.6 is 0 Å². The smallest absolute Gasteiger partial charge is 0.291 e. The summed E-state index contributed by atoms with van der Waals surface area (Å²) in [6.07, 6.45) is 0. The normalized spacial score (nSPS) is 10.8. The average molecular weight is 281 g/mol. The molecular weight excluding hydrogens is 266 g/mol. The number of fused-ring (bicyclic) bond motifs is 1. The van der Waals surface area contributed by atoms with Crippen LogP contribution in [0.25, 0.3) is 11.0 Å². The molecule has 1 heterocycles. The number of amides is 1. The van der Waals surface area contributed by atoms with Gasteiger partial charge in [-0.05, 0) is 49.2 Å². The summed E-state index contributed by atoms with van der Waals surface area (Å²) in [6, 6.07) is 12.5. The van der Waals surface area contributed by atoms with Crippen LogP contribution in [0.4, 0.5) is 5.69 Å². The first-order chi connectivity index (χ1) is 10.0. The van der Waals surface area contributed by atoms with Crippen molar-refractivity contribution in [1.29, 1.82) is 0 Å². The van der Waals surface area contributed by atoms with Crippen molar-refractivity contribution in [3.05, 3.63) is 59.4 Å². The molecule has 0 radical (unpaired) electrons. The third kappa shape index (κ3) is 2.60. The molecule has 0 unspecified atom stereocenters. The quantitative estimate of drug-likeness (QED) is 0.698. The topological polar surface area (TPSA) is 62.5 Å². The highest BCUT2D eigenvalue weighted by Gasteiger charge is 2.14. The Labute approximate surface area is 122 Å². The van der Waals surface area contributed by atoms with E-state index in [0.717, 1.165) is 16.5 Å². The maximum Gasteiger partial charge on any atom is 0.291 e. The molecule has 0 fully saturated rings. The molecular formula is C17H15NO3. The van der Waals surface area contributed by atoms with Gasteiger partial charge in [-0.25, -0.2) is 0 Å². The maximum absolute atomic E-state index is 12.2. The molecule has 4 nitrogen and oxygen atoms in total. The van der Waals surface area contributed by atoms with E-state index in [1.165, 1.54) is 0 Å². The second kappa shape index (κ2) is 4.98. The zero-order chi connectivity index (χ0) is 15.0. The largest absolute Gasteiger partial charge is 0.506 e. The fourth-order valence-electron chi connectivity index (χ4n) is 2.18. The second-order valence-corrected chi connectivity index (χ2v) is 5.13. The first-order valence-electron chi connectivity index (χ1n) is 6.64. The fourth-order valence-corrected chi connectivity index (χ4v) is 2.18. The van der Waals surface area contributed by atoms with E-state index in [1.54, 1.807) is 18.2 Å². The number of phenols is 1. The van der Waals surface area contributed by atoms with Gasteiger partial charge in [0.2, 0.25) is 0 Å². The maximum atomic E-state index is 12.2. The highest BCUT2D eigenvalue weighted by molar-refractivity contribution is 6.05. The van der Waals surface area contributed by atoms with Crippen LogP contribution in [0.1, 0.15) is 21.7 Å². The van der Waals surface area contributed by atoms with Gasteiger partial charge in [0.05, 0.1) is 5.69 Å². The van der Waals surface area contributed by atoms with Crippen LogP contribution in [0, 0.1) is 13.8 Å². The predicted molar refractivity (Wildman–Crippen MR) is 81.7 cm³/mol. The highest BCUT2D eigenvalue weighted by Crippen LogP contribution is 2.26. The Balaban J connectivity index is 1.89. The van der Waals surface area contributed by atoms with Crippen molar-refractivity contribution in [1.82, 2.24) is 0 Å². The number of aryl methyl sites for hydroxylation is 2. The molecule has 21 heavy (non-hydrogen) atoms. The minimum atomic E-state index is -0.386. The SMILES string of the molecule is Cc1ccc(NC(=O)c2cc3ccc(C)cc3o2)c(O)c1. The van der Waals surface area contributed by atoms with Crippen molar-refractivity contribution in [3.8, 4) is 5.75 Å². The third-order valence-electron chi connectivity index (χ3n) is 3.30. The van der Waals surface area contributed by atoms with Gasteiger partial charge in [0, 0.05) is 5.39 Å². The molecule has 0 aliphatic heterocycles. The van der Waals surface area contributed by atoms with Crippen LogP contribution in [-0.2, 0) is 0 Å². The van der Waals surface area contributed by atoms with Gasteiger partial charge in [0.15, 0.2) is 5.76 Å². The Hall–Kier alpha value is -2.75. The first-order valence-corrected chi connectivity index (χ1v) is 6.64. The van der Waals surface area contributed by atoms with Crippen molar-refractivity contribution in [3.63, 3.8) is 0 Å². The molecule has 4 heteroatoms. The Morgan fingerprint density at radius 1 is 1.05 bits per heavy atom. The lowest BCUT2D eigenvalue weighted by Crippen LogP contribution is -2.10. The molecule has 0 aliphatic carbocycles. The molecule has 0 spiro atoms. The molecule has 0 bridgehead atoms. The highest BCUT2D eigenvalue weighted by atomic mass is 16.3. The minimum Gasteiger partial charge on any atom is -0.506 e. The molecule has 2 N–H and O–H groups in total. The standard InChI is InChI=1S/C17H15NO3/c1-10-4-6-13(14(19)7-10)18-17(20)16-9-12-5-3-11(2)8-15(12)21-16/h3-9,19H,1-2H3,(H,18,20). The summed E-state index contributed by atoms with van der Waals surface area (Å²) in [4.78, 5) is 12.2. The Bertz CT molecular complexity index is 833. The zero-order valence-electron chi connectivity index (χ0n) is 11.8. The molecule has 1 amide bonds. The average Bonchev–Trinajstić information content (AvgIpc) is 2.85. The number of nitrogens with one attached hydrogen (secondary N) is 1. The zero-order valence-corrected chi connectivity index (χ0v) is 11.8. The number of aromatic hydroxyl groups is 1. The van der Waals surface area contributed by atoms with E-state index in [0.29, 0.717) is 11.3 Å². The van der Waals surface area contributed by atoms with Gasteiger partial charge in [-0.3, -0.25) is 4.79 Å². The molecule has 2 aromatic carbocycles. The minimum absolute atomic E-state index is 0.0373. The number of carbonyl (C=O) groups excluding carboxylic acids is 1. The van der Waals surface area contributed by atoms with Crippen molar-refractivity contribution in [2.45, 2.75) is 13.8 Å². The molecule has 1 aromatic heterocycles. The summed E-state index contributed by atoms with van der Waals surface area (Å²) >= 11 is 0. The fraction of sp³-hybridized carbons (Fsp3) is 0.118. The second-order valence-electron chi connectivity index (χ2n) is 5.13. The predicted octanol–water partition coefficient (Wildman–Crippen LogP) is 4.01. The van der Waals surface area contributed by atoms with E-state index < -0.39 is 0 Å². The molecule has 0 aliphatic rings. The Morgan fingerprint density at radius 3 is 2.52 bits per heavy atom. The Morgan fingerprint density at radius 2 is 1.76 bits per heavy atom. The van der Waals surface area contributed by atoms with Gasteiger partial charge in [-0.1, -0.05) is 18.2 Å². The lowest BCUT2D eigenvalue weighted by molar-refractivity contribution is 0.0998. The first kappa shape index (κ1) is 13.2. The lowest BCUT2D eigenvalue weighted by Gasteiger charge is -2.06. The van der Waals surface area contributed by atoms with E-state index in [-0.39, 0.29) is 17.4 Å². The van der Waals surface area contributed by atoms with Crippen molar-refractivity contribution >= 4 is 22.6 Å². The van der Waals surface area contributed by atoms with Gasteiger partial charge in [0.25, 0.3) is 5.91 Å². The summed E-state index contributed by atoms with van der Waals surface area (Å²) in [6.45, 7) is 3.83. The number of phenolic OH excluding ortho intramolecular Hbond substituents is 1. The summed E-state index contributed by atoms with van der Waals surface area (Å²) in [5, 5.41) is 13.3. The molecule has 0 saturated carbocycles. The van der Waals surface area contributed by atoms with E-state index in [2.05, 4.69) is 5.32 Å². The summed E-state index contributed by atoms with van der Waals surface area (Å²) in [7, 11) is 0. The van der Waals surface area contributed by atoms with E-state index in [9.17, 15) is 9.90 Å². The number of anilines is 1. The molecule has 3 aromatic rings. The van der Waals surface area contributed by atoms with E-state index >= 15 is 0 Å². The van der Waals surface area contributed by atoms with Crippen LogP contribution in [-0.4, -0.2) is 11.0 Å². The number of hydrogen-bond acceptors (Lipinski definition) is 3. The number of benzene rings is 2. The molecule has 0 atom stereocenters. The van der Waals surface area contributed by atoms with Gasteiger partial charge >= 0.3 is 0 Å². The van der Waals surface area contributed by atoms with E-state index in [1.807, 2.05) is 38.1 Å². The monoisotopic (exact) mass is 281 g/mol. The molecule has 0 saturated heterocycles. The van der Waals surface area contributed by atoms with Crippen molar-refractivity contribution in [2.75, 3.05) is 5.32 Å². The van der Waals surface area contributed by atoms with Crippen LogP contribution in [0.5, 0.6) is 5.75 Å². The van der Waals surface area contributed by atoms with Crippen molar-refractivity contribution < 1.29 is 14.3 Å². The van der Waals surface area contributed by atoms with Crippen LogP contribution in [0.2, 0.25) is 0 Å². The Kier molecular flexibility index (Phi) is 3.14. The van der Waals surface area contributed by atoms with E-state index in [4.69, 9.17) is 4.42 Å². The number of rotatable bonds is 2. The van der Waals surface area contributed by atoms with Gasteiger partial charge < -0.3 is 14.8 Å². The van der Waals surface area contributed by atoms with Gasteiger partial charge in [0.1, 0.15) is 11.3 Å². The molecule has 3 rings (SSSR count). The number of furan rings is 1. The third-order valence-corrected chi connectivity index (χ3v) is 3.30. The molecule has 106 valence electrons. The summed E-state index contributed by atoms with van der Waals surface area (Å²) in [5.74, 6) is -0.131. The van der Waals surface area contributed by atoms with Crippen molar-refractivity contribution in [2.24, 2.45) is 0 Å². The van der Waals surface area contributed by atoms with Crippen LogP contribution in [0.15, 0.2) is 46.9 Å². The summed E-state index contributed by atoms with van der Waals surface area (Å²) < 4.78 is 5.55. The number of carbonyl (C=O) groups is 1. The number of hydrogen-bond donors (Lipinski definition) is 2. The van der Waals surface area contributed by atoms with Gasteiger partial charge in [-0.2, -0.15) is 0 Å². The summed E-state index contributed by atoms with van der Waals surface area (Å²) in [5.41, 5.74) is 3.03. The van der Waals surface area contributed by atoms with Crippen LogP contribution in [0.3, 0.4) is 0 Å². The van der Waals surface area contributed by atoms with Crippen LogP contribution < -0.4 is 5.32 Å². The van der Waals surface area contributed by atoms with Gasteiger partial charge in [-0.15, -0.1) is 0 Å².